The first kappa shape index (κ1) is 15.6. The van der Waals surface area contributed by atoms with Gasteiger partial charge in [0.25, 0.3) is 0 Å². The van der Waals surface area contributed by atoms with Gasteiger partial charge in [-0.05, 0) is 28.7 Å². The number of hydrogen-bond donors (Lipinski definition) is 2. The molecule has 0 atom stereocenters. The van der Waals surface area contributed by atoms with E-state index in [2.05, 4.69) is 48.5 Å². The monoisotopic (exact) mass is 314 g/mol. The molecule has 0 bridgehead atoms. The van der Waals surface area contributed by atoms with E-state index >= 15 is 0 Å². The van der Waals surface area contributed by atoms with Crippen molar-refractivity contribution in [1.82, 2.24) is 0 Å². The van der Waals surface area contributed by atoms with Gasteiger partial charge in [-0.1, -0.05) is 73.0 Å². The van der Waals surface area contributed by atoms with Crippen molar-refractivity contribution < 1.29 is 0 Å². The lowest BCUT2D eigenvalue weighted by atomic mass is 10.0. The Hall–Kier alpha value is -1.78. The van der Waals surface area contributed by atoms with Gasteiger partial charge < -0.3 is 11.5 Å². The van der Waals surface area contributed by atoms with Crippen LogP contribution in [-0.4, -0.2) is 9.98 Å². The van der Waals surface area contributed by atoms with Crippen LogP contribution in [0.4, 0.5) is 0 Å². The molecule has 0 unspecified atom stereocenters. The van der Waals surface area contributed by atoms with Gasteiger partial charge in [-0.25, -0.2) is 0 Å². The fraction of sp³-hybridized carbons (Fsp3) is 0.176. The Kier molecular flexibility index (Phi) is 5.42. The van der Waals surface area contributed by atoms with E-state index in [-0.39, 0.29) is 0 Å². The molecule has 0 aliphatic rings. The third kappa shape index (κ3) is 5.25. The molecule has 4 heteroatoms. The van der Waals surface area contributed by atoms with Crippen LogP contribution in [-0.2, 0) is 19.3 Å². The Bertz CT molecular complexity index is 573. The predicted octanol–water partition coefficient (Wildman–Crippen LogP) is 2.93. The maximum atomic E-state index is 5.55. The van der Waals surface area contributed by atoms with E-state index < -0.39 is 0 Å². The van der Waals surface area contributed by atoms with E-state index in [0.717, 1.165) is 17.5 Å². The molecule has 0 aromatic heterocycles. The highest BCUT2D eigenvalue weighted by Crippen LogP contribution is 2.13. The second-order valence-electron chi connectivity index (χ2n) is 5.10. The van der Waals surface area contributed by atoms with Gasteiger partial charge in [-0.15, -0.1) is 0 Å². The van der Waals surface area contributed by atoms with E-state index in [9.17, 15) is 0 Å². The molecule has 2 aromatic carbocycles. The lowest BCUT2D eigenvalue weighted by Crippen LogP contribution is -2.11. The molecule has 108 valence electrons. The van der Waals surface area contributed by atoms with Crippen LogP contribution in [0.5, 0.6) is 0 Å². The van der Waals surface area contributed by atoms with Crippen molar-refractivity contribution in [3.8, 4) is 0 Å². The van der Waals surface area contributed by atoms with Crippen LogP contribution in [0.3, 0.4) is 0 Å². The van der Waals surface area contributed by atoms with E-state index in [1.807, 2.05) is 0 Å². The van der Waals surface area contributed by atoms with Crippen molar-refractivity contribution >= 4 is 34.4 Å². The van der Waals surface area contributed by atoms with Crippen molar-refractivity contribution in [3.63, 3.8) is 0 Å². The van der Waals surface area contributed by atoms with Crippen LogP contribution >= 0.6 is 24.4 Å². The standard InChI is InChI=1S/C17H18N2S2/c18-16(20)10-14-5-1-12(2-6-14)9-13-3-7-15(8-4-13)11-17(19)21/h1-8H,9-11H2,(H2,18,20)(H2,19,21). The van der Waals surface area contributed by atoms with E-state index in [1.54, 1.807) is 0 Å². The van der Waals surface area contributed by atoms with E-state index in [0.29, 0.717) is 22.8 Å². The average molecular weight is 314 g/mol. The van der Waals surface area contributed by atoms with Crippen LogP contribution < -0.4 is 11.5 Å². The second kappa shape index (κ2) is 7.29. The summed E-state index contributed by atoms with van der Waals surface area (Å²) in [6, 6.07) is 16.8. The molecule has 0 heterocycles. The van der Waals surface area contributed by atoms with Crippen molar-refractivity contribution in [2.75, 3.05) is 0 Å². The molecule has 0 spiro atoms. The van der Waals surface area contributed by atoms with Gasteiger partial charge in [-0.3, -0.25) is 0 Å². The molecule has 0 saturated carbocycles. The van der Waals surface area contributed by atoms with Crippen molar-refractivity contribution in [3.05, 3.63) is 70.8 Å². The minimum atomic E-state index is 0.524. The maximum Gasteiger partial charge on any atom is 0.0771 e. The molecule has 0 fully saturated rings. The molecule has 0 aliphatic carbocycles. The molecule has 2 aromatic rings. The van der Waals surface area contributed by atoms with Crippen molar-refractivity contribution in [2.45, 2.75) is 19.3 Å². The Balaban J connectivity index is 2.01. The minimum Gasteiger partial charge on any atom is -0.393 e. The van der Waals surface area contributed by atoms with Crippen molar-refractivity contribution in [1.29, 1.82) is 0 Å². The number of hydrogen-bond acceptors (Lipinski definition) is 2. The van der Waals surface area contributed by atoms with Gasteiger partial charge in [0, 0.05) is 12.8 Å². The smallest absolute Gasteiger partial charge is 0.0771 e. The Labute approximate surface area is 136 Å². The highest BCUT2D eigenvalue weighted by atomic mass is 32.1. The van der Waals surface area contributed by atoms with Crippen LogP contribution in [0.25, 0.3) is 0 Å². The summed E-state index contributed by atoms with van der Waals surface area (Å²) in [6.45, 7) is 0. The summed E-state index contributed by atoms with van der Waals surface area (Å²) in [4.78, 5) is 1.05. The molecule has 0 amide bonds. The first-order chi connectivity index (χ1) is 10.0. The van der Waals surface area contributed by atoms with Gasteiger partial charge in [0.2, 0.25) is 0 Å². The highest BCUT2D eigenvalue weighted by Gasteiger charge is 2.00. The number of benzene rings is 2. The minimum absolute atomic E-state index is 0.524. The molecule has 21 heavy (non-hydrogen) atoms. The van der Waals surface area contributed by atoms with Crippen LogP contribution in [0.1, 0.15) is 22.3 Å². The third-order valence-electron chi connectivity index (χ3n) is 3.21. The summed E-state index contributed by atoms with van der Waals surface area (Å²) in [5, 5.41) is 0. The zero-order chi connectivity index (χ0) is 15.2. The molecular weight excluding hydrogens is 296 g/mol. The Morgan fingerprint density at radius 1 is 0.619 bits per heavy atom. The second-order valence-corrected chi connectivity index (χ2v) is 6.14. The van der Waals surface area contributed by atoms with Crippen LogP contribution in [0.15, 0.2) is 48.5 Å². The zero-order valence-electron chi connectivity index (χ0n) is 11.7. The predicted molar refractivity (Wildman–Crippen MR) is 96.7 cm³/mol. The van der Waals surface area contributed by atoms with Gasteiger partial charge in [0.1, 0.15) is 0 Å². The van der Waals surface area contributed by atoms with Gasteiger partial charge in [0.15, 0.2) is 0 Å². The van der Waals surface area contributed by atoms with Gasteiger partial charge in [0.05, 0.1) is 9.98 Å². The molecule has 0 radical (unpaired) electrons. The summed E-state index contributed by atoms with van der Waals surface area (Å²) >= 11 is 9.83. The maximum absolute atomic E-state index is 5.55. The summed E-state index contributed by atoms with van der Waals surface area (Å²) in [7, 11) is 0. The largest absolute Gasteiger partial charge is 0.393 e. The first-order valence-electron chi connectivity index (χ1n) is 6.75. The molecule has 4 N–H and O–H groups in total. The summed E-state index contributed by atoms with van der Waals surface area (Å²) in [5.41, 5.74) is 15.9. The molecule has 2 nitrogen and oxygen atoms in total. The first-order valence-corrected chi connectivity index (χ1v) is 7.57. The summed E-state index contributed by atoms with van der Waals surface area (Å²) in [6.07, 6.45) is 2.22. The molecular formula is C17H18N2S2. The molecule has 0 aliphatic heterocycles. The molecule has 2 rings (SSSR count). The Morgan fingerprint density at radius 2 is 0.905 bits per heavy atom. The van der Waals surface area contributed by atoms with Gasteiger partial charge in [-0.2, -0.15) is 0 Å². The van der Waals surface area contributed by atoms with E-state index in [4.69, 9.17) is 35.9 Å². The highest BCUT2D eigenvalue weighted by molar-refractivity contribution is 7.80. The number of rotatable bonds is 6. The summed E-state index contributed by atoms with van der Waals surface area (Å²) < 4.78 is 0. The van der Waals surface area contributed by atoms with Gasteiger partial charge >= 0.3 is 0 Å². The number of thiocarbonyl (C=S) groups is 2. The SMILES string of the molecule is NC(=S)Cc1ccc(Cc2ccc(CC(N)=S)cc2)cc1. The lowest BCUT2D eigenvalue weighted by molar-refractivity contribution is 1.17. The normalized spacial score (nSPS) is 10.3. The van der Waals surface area contributed by atoms with Crippen LogP contribution in [0.2, 0.25) is 0 Å². The van der Waals surface area contributed by atoms with Crippen molar-refractivity contribution in [2.24, 2.45) is 11.5 Å². The van der Waals surface area contributed by atoms with Crippen LogP contribution in [0, 0.1) is 0 Å². The zero-order valence-corrected chi connectivity index (χ0v) is 13.3. The lowest BCUT2D eigenvalue weighted by Gasteiger charge is -2.06. The third-order valence-corrected chi connectivity index (χ3v) is 3.50. The Morgan fingerprint density at radius 3 is 1.19 bits per heavy atom. The summed E-state index contributed by atoms with van der Waals surface area (Å²) in [5.74, 6) is 0. The number of nitrogens with two attached hydrogens (primary N) is 2. The topological polar surface area (TPSA) is 52.0 Å². The quantitative estimate of drug-likeness (QED) is 0.805. The fourth-order valence-electron chi connectivity index (χ4n) is 2.19. The average Bonchev–Trinajstić information content (AvgIpc) is 2.42. The van der Waals surface area contributed by atoms with E-state index in [1.165, 1.54) is 11.1 Å². The molecule has 0 saturated heterocycles. The fourth-order valence-corrected chi connectivity index (χ4v) is 2.52.